The quantitative estimate of drug-likeness (QED) is 0.890. The monoisotopic (exact) mass is 260 g/mol. The average Bonchev–Trinajstić information content (AvgIpc) is 2.99. The van der Waals surface area contributed by atoms with E-state index >= 15 is 0 Å². The first-order valence-electron chi connectivity index (χ1n) is 6.09. The van der Waals surface area contributed by atoms with Gasteiger partial charge in [-0.2, -0.15) is 11.8 Å². The van der Waals surface area contributed by atoms with E-state index in [4.69, 9.17) is 4.42 Å². The minimum atomic E-state index is 0.474. The standard InChI is InChI=1S/C14H16N2OS/c1-18-14(5-6-14)9-16-12-4-2-3-11(7-12)13-8-15-10-17-13/h2-4,7-8,10,16H,5-6,9H2,1H3. The molecule has 1 N–H and O–H groups in total. The summed E-state index contributed by atoms with van der Waals surface area (Å²) >= 11 is 1.97. The van der Waals surface area contributed by atoms with Gasteiger partial charge in [-0.1, -0.05) is 12.1 Å². The lowest BCUT2D eigenvalue weighted by atomic mass is 10.1. The summed E-state index contributed by atoms with van der Waals surface area (Å²) < 4.78 is 5.78. The molecule has 0 aliphatic heterocycles. The van der Waals surface area contributed by atoms with Gasteiger partial charge in [-0.05, 0) is 31.2 Å². The van der Waals surface area contributed by atoms with E-state index < -0.39 is 0 Å². The van der Waals surface area contributed by atoms with Gasteiger partial charge in [0.2, 0.25) is 0 Å². The van der Waals surface area contributed by atoms with Crippen LogP contribution in [0.15, 0.2) is 41.3 Å². The van der Waals surface area contributed by atoms with Crippen molar-refractivity contribution in [3.8, 4) is 11.3 Å². The Hall–Kier alpha value is -1.42. The summed E-state index contributed by atoms with van der Waals surface area (Å²) in [5.41, 5.74) is 2.20. The summed E-state index contributed by atoms with van der Waals surface area (Å²) in [5.74, 6) is 0.810. The zero-order valence-corrected chi connectivity index (χ0v) is 11.2. The number of benzene rings is 1. The molecular weight excluding hydrogens is 244 g/mol. The van der Waals surface area contributed by atoms with E-state index in [1.54, 1.807) is 6.20 Å². The van der Waals surface area contributed by atoms with Crippen molar-refractivity contribution in [2.75, 3.05) is 18.1 Å². The highest BCUT2D eigenvalue weighted by Crippen LogP contribution is 2.47. The molecule has 0 saturated heterocycles. The van der Waals surface area contributed by atoms with Crippen LogP contribution in [0.25, 0.3) is 11.3 Å². The number of anilines is 1. The second-order valence-corrected chi connectivity index (χ2v) is 5.96. The molecule has 1 fully saturated rings. The highest BCUT2D eigenvalue weighted by atomic mass is 32.2. The molecule has 0 atom stereocenters. The minimum Gasteiger partial charge on any atom is -0.444 e. The van der Waals surface area contributed by atoms with Gasteiger partial charge >= 0.3 is 0 Å². The fourth-order valence-corrected chi connectivity index (χ4v) is 2.72. The number of oxazole rings is 1. The van der Waals surface area contributed by atoms with E-state index in [2.05, 4.69) is 28.7 Å². The average molecular weight is 260 g/mol. The second-order valence-electron chi connectivity index (χ2n) is 4.69. The molecule has 1 saturated carbocycles. The van der Waals surface area contributed by atoms with Gasteiger partial charge in [0.25, 0.3) is 0 Å². The van der Waals surface area contributed by atoms with Crippen LogP contribution in [0.4, 0.5) is 5.69 Å². The Bertz CT molecular complexity index is 520. The van der Waals surface area contributed by atoms with E-state index in [1.165, 1.54) is 19.2 Å². The molecule has 18 heavy (non-hydrogen) atoms. The molecule has 1 aromatic heterocycles. The molecule has 2 aromatic rings. The minimum absolute atomic E-state index is 0.474. The Morgan fingerprint density at radius 1 is 1.44 bits per heavy atom. The Balaban J connectivity index is 1.71. The molecule has 0 spiro atoms. The third-order valence-electron chi connectivity index (χ3n) is 3.43. The summed E-state index contributed by atoms with van der Waals surface area (Å²) in [5, 5.41) is 3.52. The maximum absolute atomic E-state index is 5.31. The lowest BCUT2D eigenvalue weighted by molar-refractivity contribution is 0.572. The highest BCUT2D eigenvalue weighted by Gasteiger charge is 2.41. The first kappa shape index (κ1) is 11.7. The van der Waals surface area contributed by atoms with Crippen molar-refractivity contribution in [2.45, 2.75) is 17.6 Å². The van der Waals surface area contributed by atoms with E-state index in [0.29, 0.717) is 4.75 Å². The van der Waals surface area contributed by atoms with Gasteiger partial charge < -0.3 is 9.73 Å². The molecular formula is C14H16N2OS. The van der Waals surface area contributed by atoms with Crippen LogP contribution in [0.3, 0.4) is 0 Å². The number of nitrogens with one attached hydrogen (secondary N) is 1. The fraction of sp³-hybridized carbons (Fsp3) is 0.357. The zero-order valence-electron chi connectivity index (χ0n) is 10.3. The van der Waals surface area contributed by atoms with Crippen LogP contribution in [0.5, 0.6) is 0 Å². The van der Waals surface area contributed by atoms with Crippen molar-refractivity contribution < 1.29 is 4.42 Å². The summed E-state index contributed by atoms with van der Waals surface area (Å²) in [6.07, 6.45) is 8.04. The van der Waals surface area contributed by atoms with E-state index in [9.17, 15) is 0 Å². The lowest BCUT2D eigenvalue weighted by Gasteiger charge is -2.14. The van der Waals surface area contributed by atoms with Crippen LogP contribution in [-0.2, 0) is 0 Å². The van der Waals surface area contributed by atoms with Gasteiger partial charge in [-0.25, -0.2) is 4.98 Å². The molecule has 94 valence electrons. The lowest BCUT2D eigenvalue weighted by Crippen LogP contribution is -2.17. The predicted molar refractivity (Wildman–Crippen MR) is 75.9 cm³/mol. The molecule has 0 radical (unpaired) electrons. The molecule has 0 amide bonds. The van der Waals surface area contributed by atoms with Crippen LogP contribution < -0.4 is 5.32 Å². The van der Waals surface area contributed by atoms with Crippen molar-refractivity contribution in [3.63, 3.8) is 0 Å². The van der Waals surface area contributed by atoms with E-state index in [0.717, 1.165) is 23.6 Å². The van der Waals surface area contributed by atoms with Gasteiger partial charge in [0.1, 0.15) is 0 Å². The fourth-order valence-electron chi connectivity index (χ4n) is 2.00. The highest BCUT2D eigenvalue weighted by molar-refractivity contribution is 8.00. The van der Waals surface area contributed by atoms with Crippen LogP contribution in [-0.4, -0.2) is 22.5 Å². The summed E-state index contributed by atoms with van der Waals surface area (Å²) in [6.45, 7) is 1.04. The maximum atomic E-state index is 5.31. The van der Waals surface area contributed by atoms with Gasteiger partial charge in [-0.3, -0.25) is 0 Å². The second kappa shape index (κ2) is 4.69. The largest absolute Gasteiger partial charge is 0.444 e. The summed E-state index contributed by atoms with van der Waals surface area (Å²) in [6, 6.07) is 8.28. The van der Waals surface area contributed by atoms with Crippen molar-refractivity contribution in [1.29, 1.82) is 0 Å². The SMILES string of the molecule is CSC1(CNc2cccc(-c3cnco3)c2)CC1. The molecule has 1 aliphatic carbocycles. The van der Waals surface area contributed by atoms with E-state index in [1.807, 2.05) is 23.9 Å². The van der Waals surface area contributed by atoms with Crippen molar-refractivity contribution in [2.24, 2.45) is 0 Å². The zero-order chi connectivity index (χ0) is 12.4. The van der Waals surface area contributed by atoms with Crippen molar-refractivity contribution in [1.82, 2.24) is 4.98 Å². The third-order valence-corrected chi connectivity index (χ3v) is 4.85. The molecule has 1 aliphatic rings. The Kier molecular flexibility index (Phi) is 3.04. The number of hydrogen-bond acceptors (Lipinski definition) is 4. The number of hydrogen-bond donors (Lipinski definition) is 1. The normalized spacial score (nSPS) is 16.5. The van der Waals surface area contributed by atoms with Crippen LogP contribution >= 0.6 is 11.8 Å². The van der Waals surface area contributed by atoms with Gasteiger partial charge in [0, 0.05) is 22.5 Å². The predicted octanol–water partition coefficient (Wildman–Crippen LogP) is 3.65. The van der Waals surface area contributed by atoms with Crippen LogP contribution in [0, 0.1) is 0 Å². The number of aromatic nitrogens is 1. The van der Waals surface area contributed by atoms with Gasteiger partial charge in [0.15, 0.2) is 12.2 Å². The molecule has 1 aromatic carbocycles. The first-order chi connectivity index (χ1) is 8.81. The van der Waals surface area contributed by atoms with Gasteiger partial charge in [0.05, 0.1) is 6.20 Å². The van der Waals surface area contributed by atoms with Crippen LogP contribution in [0.1, 0.15) is 12.8 Å². The molecule has 0 unspecified atom stereocenters. The third kappa shape index (κ3) is 2.38. The Morgan fingerprint density at radius 2 is 2.33 bits per heavy atom. The number of thioether (sulfide) groups is 1. The molecule has 4 heteroatoms. The van der Waals surface area contributed by atoms with Crippen molar-refractivity contribution >= 4 is 17.4 Å². The Labute approximate surface area is 111 Å². The first-order valence-corrected chi connectivity index (χ1v) is 7.32. The molecule has 3 rings (SSSR count). The molecule has 0 bridgehead atoms. The van der Waals surface area contributed by atoms with Crippen molar-refractivity contribution in [3.05, 3.63) is 36.9 Å². The molecule has 3 nitrogen and oxygen atoms in total. The van der Waals surface area contributed by atoms with Crippen LogP contribution in [0.2, 0.25) is 0 Å². The topological polar surface area (TPSA) is 38.1 Å². The smallest absolute Gasteiger partial charge is 0.181 e. The maximum Gasteiger partial charge on any atom is 0.181 e. The number of rotatable bonds is 5. The Morgan fingerprint density at radius 3 is 3.00 bits per heavy atom. The summed E-state index contributed by atoms with van der Waals surface area (Å²) in [4.78, 5) is 3.95. The van der Waals surface area contributed by atoms with E-state index in [-0.39, 0.29) is 0 Å². The summed E-state index contributed by atoms with van der Waals surface area (Å²) in [7, 11) is 0. The molecule has 1 heterocycles. The van der Waals surface area contributed by atoms with Gasteiger partial charge in [-0.15, -0.1) is 0 Å². The number of nitrogens with zero attached hydrogens (tertiary/aromatic N) is 1.